The van der Waals surface area contributed by atoms with Gasteiger partial charge in [-0.15, -0.1) is 0 Å². The Kier molecular flexibility index (Phi) is 9.68. The molecule has 0 aromatic heterocycles. The molecule has 1 fully saturated rings. The summed E-state index contributed by atoms with van der Waals surface area (Å²) in [4.78, 5) is 10.5. The Bertz CT molecular complexity index is 600. The third kappa shape index (κ3) is 7.74. The summed E-state index contributed by atoms with van der Waals surface area (Å²) in [7, 11) is 0. The first-order chi connectivity index (χ1) is 13.5. The standard InChI is InChI=1S/C23H34O5/c24-18(13-12-17-8-4-3-5-9-17)14-15-20-19(21(25)16-22(20)26)10-6-1-2-7-11-23(27)28/h1,3-6,8-9,18-22,24-26H,2,7,10-16H2,(H,27,28)/t18?,19?,20-,21?,22?/m1/s1. The van der Waals surface area contributed by atoms with Crippen LogP contribution < -0.4 is 0 Å². The zero-order valence-corrected chi connectivity index (χ0v) is 16.5. The third-order valence-corrected chi connectivity index (χ3v) is 5.80. The molecule has 5 nitrogen and oxygen atoms in total. The number of carbonyl (C=O) groups is 1. The van der Waals surface area contributed by atoms with Crippen molar-refractivity contribution in [3.05, 3.63) is 48.0 Å². The molecule has 0 bridgehead atoms. The number of carboxylic acids is 1. The molecule has 0 amide bonds. The predicted molar refractivity (Wildman–Crippen MR) is 109 cm³/mol. The van der Waals surface area contributed by atoms with Crippen LogP contribution in [0.2, 0.25) is 0 Å². The first-order valence-corrected chi connectivity index (χ1v) is 10.4. The van der Waals surface area contributed by atoms with Gasteiger partial charge in [0.1, 0.15) is 0 Å². The van der Waals surface area contributed by atoms with E-state index in [1.54, 1.807) is 0 Å². The Hall–Kier alpha value is -1.69. The molecule has 1 aliphatic rings. The number of carboxylic acid groups (broad SMARTS) is 1. The number of aryl methyl sites for hydroxylation is 1. The SMILES string of the molecule is O=C(O)CCCC=CCC1C(O)CC(O)[C@@H]1CCC(O)CCc1ccccc1. The van der Waals surface area contributed by atoms with Crippen LogP contribution in [0.4, 0.5) is 0 Å². The van der Waals surface area contributed by atoms with Crippen molar-refractivity contribution in [2.75, 3.05) is 0 Å². The van der Waals surface area contributed by atoms with Gasteiger partial charge in [-0.3, -0.25) is 4.79 Å². The molecule has 0 saturated heterocycles. The Morgan fingerprint density at radius 3 is 2.50 bits per heavy atom. The smallest absolute Gasteiger partial charge is 0.303 e. The summed E-state index contributed by atoms with van der Waals surface area (Å²) >= 11 is 0. The number of rotatable bonds is 12. The van der Waals surface area contributed by atoms with Crippen LogP contribution in [-0.2, 0) is 11.2 Å². The van der Waals surface area contributed by atoms with Gasteiger partial charge in [-0.2, -0.15) is 0 Å². The van der Waals surface area contributed by atoms with Crippen molar-refractivity contribution in [3.63, 3.8) is 0 Å². The first-order valence-electron chi connectivity index (χ1n) is 10.4. The molecule has 0 radical (unpaired) electrons. The lowest BCUT2D eigenvalue weighted by atomic mass is 9.85. The average molecular weight is 391 g/mol. The molecule has 1 aromatic carbocycles. The molecule has 0 heterocycles. The second-order valence-electron chi connectivity index (χ2n) is 7.95. The van der Waals surface area contributed by atoms with Crippen molar-refractivity contribution < 1.29 is 25.2 Å². The highest BCUT2D eigenvalue weighted by Crippen LogP contribution is 2.38. The second kappa shape index (κ2) is 12.0. The van der Waals surface area contributed by atoms with E-state index in [0.717, 1.165) is 6.42 Å². The fourth-order valence-corrected chi connectivity index (χ4v) is 4.16. The van der Waals surface area contributed by atoms with Crippen molar-refractivity contribution in [1.82, 2.24) is 0 Å². The van der Waals surface area contributed by atoms with Crippen LogP contribution in [0.5, 0.6) is 0 Å². The molecule has 156 valence electrons. The summed E-state index contributed by atoms with van der Waals surface area (Å²) in [5, 5.41) is 39.6. The number of allylic oxidation sites excluding steroid dienone is 2. The van der Waals surface area contributed by atoms with Crippen molar-refractivity contribution in [1.29, 1.82) is 0 Å². The molecule has 0 aliphatic heterocycles. The maximum absolute atomic E-state index is 10.5. The van der Waals surface area contributed by atoms with E-state index in [-0.39, 0.29) is 18.3 Å². The van der Waals surface area contributed by atoms with Crippen LogP contribution in [0.1, 0.15) is 56.9 Å². The van der Waals surface area contributed by atoms with E-state index in [9.17, 15) is 20.1 Å². The zero-order chi connectivity index (χ0) is 20.4. The Morgan fingerprint density at radius 2 is 1.79 bits per heavy atom. The summed E-state index contributed by atoms with van der Waals surface area (Å²) in [6, 6.07) is 10.1. The maximum Gasteiger partial charge on any atom is 0.303 e. The summed E-state index contributed by atoms with van der Waals surface area (Å²) in [6.07, 6.45) is 7.91. The van der Waals surface area contributed by atoms with E-state index < -0.39 is 24.3 Å². The summed E-state index contributed by atoms with van der Waals surface area (Å²) < 4.78 is 0. The number of hydrogen-bond donors (Lipinski definition) is 4. The van der Waals surface area contributed by atoms with Crippen molar-refractivity contribution in [2.24, 2.45) is 11.8 Å². The third-order valence-electron chi connectivity index (χ3n) is 5.80. The molecule has 5 atom stereocenters. The zero-order valence-electron chi connectivity index (χ0n) is 16.5. The molecule has 2 rings (SSSR count). The van der Waals surface area contributed by atoms with Gasteiger partial charge in [-0.25, -0.2) is 0 Å². The molecule has 4 N–H and O–H groups in total. The van der Waals surface area contributed by atoms with Gasteiger partial charge in [-0.1, -0.05) is 42.5 Å². The van der Waals surface area contributed by atoms with Crippen LogP contribution in [0.15, 0.2) is 42.5 Å². The lowest BCUT2D eigenvalue weighted by Crippen LogP contribution is -2.23. The number of benzene rings is 1. The van der Waals surface area contributed by atoms with Gasteiger partial charge in [0.25, 0.3) is 0 Å². The van der Waals surface area contributed by atoms with Crippen LogP contribution >= 0.6 is 0 Å². The van der Waals surface area contributed by atoms with Gasteiger partial charge in [0.15, 0.2) is 0 Å². The van der Waals surface area contributed by atoms with Gasteiger partial charge in [0.05, 0.1) is 18.3 Å². The van der Waals surface area contributed by atoms with E-state index in [0.29, 0.717) is 44.9 Å². The van der Waals surface area contributed by atoms with Gasteiger partial charge in [0.2, 0.25) is 0 Å². The number of aliphatic hydroxyl groups is 3. The number of hydrogen-bond acceptors (Lipinski definition) is 4. The van der Waals surface area contributed by atoms with Crippen LogP contribution in [-0.4, -0.2) is 44.7 Å². The lowest BCUT2D eigenvalue weighted by molar-refractivity contribution is -0.137. The quantitative estimate of drug-likeness (QED) is 0.324. The number of aliphatic carboxylic acids is 1. The lowest BCUT2D eigenvalue weighted by Gasteiger charge is -2.23. The van der Waals surface area contributed by atoms with E-state index in [2.05, 4.69) is 12.1 Å². The highest BCUT2D eigenvalue weighted by molar-refractivity contribution is 5.66. The largest absolute Gasteiger partial charge is 0.481 e. The molecular weight excluding hydrogens is 356 g/mol. The molecule has 28 heavy (non-hydrogen) atoms. The van der Waals surface area contributed by atoms with E-state index in [1.165, 1.54) is 5.56 Å². The number of aliphatic hydroxyl groups excluding tert-OH is 3. The first kappa shape index (κ1) is 22.6. The van der Waals surface area contributed by atoms with Gasteiger partial charge in [-0.05, 0) is 68.8 Å². The highest BCUT2D eigenvalue weighted by atomic mass is 16.4. The molecule has 5 heteroatoms. The molecular formula is C23H34O5. The minimum atomic E-state index is -0.784. The molecule has 1 aromatic rings. The maximum atomic E-state index is 10.5. The van der Waals surface area contributed by atoms with Crippen LogP contribution in [0.3, 0.4) is 0 Å². The summed E-state index contributed by atoms with van der Waals surface area (Å²) in [5.41, 5.74) is 1.21. The van der Waals surface area contributed by atoms with Crippen molar-refractivity contribution in [2.45, 2.75) is 76.1 Å². The number of unbranched alkanes of at least 4 members (excludes halogenated alkanes) is 1. The minimum absolute atomic E-state index is 0.00736. The van der Waals surface area contributed by atoms with Gasteiger partial charge in [0, 0.05) is 6.42 Å². The topological polar surface area (TPSA) is 98.0 Å². The van der Waals surface area contributed by atoms with Gasteiger partial charge < -0.3 is 20.4 Å². The molecule has 1 saturated carbocycles. The average Bonchev–Trinajstić information content (AvgIpc) is 2.94. The fraction of sp³-hybridized carbons (Fsp3) is 0.609. The van der Waals surface area contributed by atoms with Crippen LogP contribution in [0.25, 0.3) is 0 Å². The highest BCUT2D eigenvalue weighted by Gasteiger charge is 2.40. The Morgan fingerprint density at radius 1 is 1.07 bits per heavy atom. The van der Waals surface area contributed by atoms with E-state index in [4.69, 9.17) is 5.11 Å². The minimum Gasteiger partial charge on any atom is -0.481 e. The van der Waals surface area contributed by atoms with Crippen molar-refractivity contribution >= 4 is 5.97 Å². The monoisotopic (exact) mass is 390 g/mol. The Balaban J connectivity index is 1.74. The second-order valence-corrected chi connectivity index (χ2v) is 7.95. The molecule has 4 unspecified atom stereocenters. The Labute approximate surface area is 167 Å². The normalized spacial score (nSPS) is 26.0. The predicted octanol–water partition coefficient (Wildman–Crippen LogP) is 3.32. The van der Waals surface area contributed by atoms with Gasteiger partial charge >= 0.3 is 5.97 Å². The molecule has 1 aliphatic carbocycles. The fourth-order valence-electron chi connectivity index (χ4n) is 4.16. The van der Waals surface area contributed by atoms with Crippen LogP contribution in [0, 0.1) is 11.8 Å². The van der Waals surface area contributed by atoms with Crippen molar-refractivity contribution in [3.8, 4) is 0 Å². The summed E-state index contributed by atoms with van der Waals surface area (Å²) in [5.74, 6) is -0.800. The van der Waals surface area contributed by atoms with E-state index >= 15 is 0 Å². The summed E-state index contributed by atoms with van der Waals surface area (Å²) in [6.45, 7) is 0. The molecule has 0 spiro atoms. The van der Waals surface area contributed by atoms with E-state index in [1.807, 2.05) is 30.4 Å².